The first-order valence-corrected chi connectivity index (χ1v) is 8.52. The van der Waals surface area contributed by atoms with Crippen LogP contribution in [0.5, 0.6) is 0 Å². The lowest BCUT2D eigenvalue weighted by Gasteiger charge is -2.17. The van der Waals surface area contributed by atoms with E-state index in [1.54, 1.807) is 0 Å². The van der Waals surface area contributed by atoms with Crippen LogP contribution in [0.25, 0.3) is 0 Å². The monoisotopic (exact) mass is 331 g/mol. The molecule has 1 fully saturated rings. The zero-order valence-corrected chi connectivity index (χ0v) is 13.8. The molecular formula is C15H26BrNO2. The van der Waals surface area contributed by atoms with Crippen LogP contribution in [0.4, 0.5) is 0 Å². The molecule has 0 aromatic heterocycles. The maximum Gasteiger partial charge on any atom is 0.235 e. The molecule has 0 N–H and O–H groups in total. The van der Waals surface area contributed by atoms with E-state index in [1.165, 1.54) is 37.0 Å². The standard InChI is InChI=1S/C15H26BrNO2/c1-15(2)12-13(18)17(14(15)19)11-9-7-5-3-4-6-8-10-16/h3-12H2,1-2H3. The first-order chi connectivity index (χ1) is 8.99. The highest BCUT2D eigenvalue weighted by molar-refractivity contribution is 9.09. The van der Waals surface area contributed by atoms with Crippen LogP contribution in [0.2, 0.25) is 0 Å². The molecule has 0 aromatic rings. The van der Waals surface area contributed by atoms with Gasteiger partial charge in [-0.3, -0.25) is 14.5 Å². The lowest BCUT2D eigenvalue weighted by Crippen LogP contribution is -2.33. The Labute approximate surface area is 125 Å². The summed E-state index contributed by atoms with van der Waals surface area (Å²) in [6, 6.07) is 0. The number of nitrogens with zero attached hydrogens (tertiary/aromatic N) is 1. The van der Waals surface area contributed by atoms with E-state index in [1.807, 2.05) is 13.8 Å². The van der Waals surface area contributed by atoms with Gasteiger partial charge in [0.1, 0.15) is 0 Å². The van der Waals surface area contributed by atoms with Gasteiger partial charge >= 0.3 is 0 Å². The minimum Gasteiger partial charge on any atom is -0.282 e. The van der Waals surface area contributed by atoms with Gasteiger partial charge in [0.25, 0.3) is 0 Å². The van der Waals surface area contributed by atoms with Gasteiger partial charge in [0.05, 0.1) is 5.41 Å². The van der Waals surface area contributed by atoms with E-state index in [0.29, 0.717) is 13.0 Å². The lowest BCUT2D eigenvalue weighted by atomic mass is 9.92. The van der Waals surface area contributed by atoms with Crippen molar-refractivity contribution in [2.24, 2.45) is 5.41 Å². The van der Waals surface area contributed by atoms with E-state index in [4.69, 9.17) is 0 Å². The van der Waals surface area contributed by atoms with Gasteiger partial charge in [-0.25, -0.2) is 0 Å². The van der Waals surface area contributed by atoms with Crippen LogP contribution in [-0.2, 0) is 9.59 Å². The summed E-state index contributed by atoms with van der Waals surface area (Å²) in [5.74, 6) is 0.0159. The summed E-state index contributed by atoms with van der Waals surface area (Å²) >= 11 is 3.43. The van der Waals surface area contributed by atoms with E-state index in [0.717, 1.165) is 18.2 Å². The quantitative estimate of drug-likeness (QED) is 0.365. The summed E-state index contributed by atoms with van der Waals surface area (Å²) in [6.45, 7) is 4.33. The van der Waals surface area contributed by atoms with Crippen molar-refractivity contribution >= 4 is 27.7 Å². The third-order valence-corrected chi connectivity index (χ3v) is 4.29. The third kappa shape index (κ3) is 5.25. The minimum absolute atomic E-state index is 0.00678. The Balaban J connectivity index is 2.10. The zero-order valence-electron chi connectivity index (χ0n) is 12.2. The van der Waals surface area contributed by atoms with Crippen LogP contribution in [0.15, 0.2) is 0 Å². The largest absolute Gasteiger partial charge is 0.282 e. The second-order valence-corrected chi connectivity index (χ2v) is 6.87. The Morgan fingerprint density at radius 3 is 2.00 bits per heavy atom. The fourth-order valence-electron chi connectivity index (χ4n) is 2.50. The van der Waals surface area contributed by atoms with Gasteiger partial charge in [-0.2, -0.15) is 0 Å². The number of halogens is 1. The molecule has 0 atom stereocenters. The lowest BCUT2D eigenvalue weighted by molar-refractivity contribution is -0.140. The Kier molecular flexibility index (Phi) is 7.05. The van der Waals surface area contributed by atoms with Crippen LogP contribution in [0.1, 0.15) is 65.2 Å². The average molecular weight is 332 g/mol. The van der Waals surface area contributed by atoms with Gasteiger partial charge in [0.15, 0.2) is 0 Å². The summed E-state index contributed by atoms with van der Waals surface area (Å²) in [4.78, 5) is 25.2. The van der Waals surface area contributed by atoms with Crippen molar-refractivity contribution in [3.63, 3.8) is 0 Å². The molecule has 1 rings (SSSR count). The van der Waals surface area contributed by atoms with Gasteiger partial charge in [0.2, 0.25) is 11.8 Å². The number of carbonyl (C=O) groups excluding carboxylic acids is 2. The number of unbranched alkanes of at least 4 members (excludes halogenated alkanes) is 6. The molecule has 19 heavy (non-hydrogen) atoms. The highest BCUT2D eigenvalue weighted by Gasteiger charge is 2.44. The third-order valence-electron chi connectivity index (χ3n) is 3.73. The average Bonchev–Trinajstić information content (AvgIpc) is 2.54. The summed E-state index contributed by atoms with van der Waals surface area (Å²) in [5, 5.41) is 1.10. The molecule has 3 nitrogen and oxygen atoms in total. The van der Waals surface area contributed by atoms with Crippen molar-refractivity contribution in [3.05, 3.63) is 0 Å². The Morgan fingerprint density at radius 2 is 1.53 bits per heavy atom. The van der Waals surface area contributed by atoms with E-state index >= 15 is 0 Å². The Bertz CT molecular complexity index is 315. The van der Waals surface area contributed by atoms with Crippen LogP contribution in [0.3, 0.4) is 0 Å². The highest BCUT2D eigenvalue weighted by atomic mass is 79.9. The van der Waals surface area contributed by atoms with Crippen molar-refractivity contribution < 1.29 is 9.59 Å². The van der Waals surface area contributed by atoms with E-state index in [9.17, 15) is 9.59 Å². The van der Waals surface area contributed by atoms with Gasteiger partial charge in [-0.05, 0) is 12.8 Å². The van der Waals surface area contributed by atoms with Crippen LogP contribution in [0, 0.1) is 5.41 Å². The fraction of sp³-hybridized carbons (Fsp3) is 0.867. The molecule has 0 saturated carbocycles. The second kappa shape index (κ2) is 8.03. The maximum absolute atomic E-state index is 12.0. The molecule has 0 spiro atoms. The highest BCUT2D eigenvalue weighted by Crippen LogP contribution is 2.31. The number of alkyl halides is 1. The molecule has 0 bridgehead atoms. The molecular weight excluding hydrogens is 306 g/mol. The Morgan fingerprint density at radius 1 is 1.00 bits per heavy atom. The minimum atomic E-state index is -0.479. The molecule has 2 amide bonds. The molecule has 110 valence electrons. The first-order valence-electron chi connectivity index (χ1n) is 7.40. The molecule has 1 aliphatic heterocycles. The summed E-state index contributed by atoms with van der Waals surface area (Å²) in [5.41, 5.74) is -0.479. The maximum atomic E-state index is 12.0. The smallest absolute Gasteiger partial charge is 0.235 e. The summed E-state index contributed by atoms with van der Waals surface area (Å²) < 4.78 is 0. The molecule has 0 radical (unpaired) electrons. The van der Waals surface area contributed by atoms with E-state index < -0.39 is 5.41 Å². The van der Waals surface area contributed by atoms with Crippen molar-refractivity contribution in [1.82, 2.24) is 4.90 Å². The molecule has 0 aliphatic carbocycles. The second-order valence-electron chi connectivity index (χ2n) is 6.08. The molecule has 0 aromatic carbocycles. The van der Waals surface area contributed by atoms with Crippen molar-refractivity contribution in [3.8, 4) is 0 Å². The number of carbonyl (C=O) groups is 2. The van der Waals surface area contributed by atoms with Crippen LogP contribution < -0.4 is 0 Å². The molecule has 1 heterocycles. The summed E-state index contributed by atoms with van der Waals surface area (Å²) in [7, 11) is 0. The SMILES string of the molecule is CC1(C)CC(=O)N(CCCCCCCCCBr)C1=O. The fourth-order valence-corrected chi connectivity index (χ4v) is 2.90. The molecule has 0 unspecified atom stereocenters. The van der Waals surface area contributed by atoms with Crippen molar-refractivity contribution in [2.45, 2.75) is 65.2 Å². The molecule has 1 aliphatic rings. The van der Waals surface area contributed by atoms with Crippen molar-refractivity contribution in [1.29, 1.82) is 0 Å². The predicted octanol–water partition coefficient (Wildman–Crippen LogP) is 3.90. The number of hydrogen-bond acceptors (Lipinski definition) is 2. The number of amides is 2. The normalized spacial score (nSPS) is 18.4. The number of imide groups is 1. The van der Waals surface area contributed by atoms with Crippen molar-refractivity contribution in [2.75, 3.05) is 11.9 Å². The predicted molar refractivity (Wildman–Crippen MR) is 81.2 cm³/mol. The van der Waals surface area contributed by atoms with E-state index in [2.05, 4.69) is 15.9 Å². The van der Waals surface area contributed by atoms with Gasteiger partial charge < -0.3 is 0 Å². The number of hydrogen-bond donors (Lipinski definition) is 0. The van der Waals surface area contributed by atoms with E-state index in [-0.39, 0.29) is 11.8 Å². The molecule has 4 heteroatoms. The zero-order chi connectivity index (χ0) is 14.3. The number of likely N-dealkylation sites (tertiary alicyclic amines) is 1. The topological polar surface area (TPSA) is 37.4 Å². The van der Waals surface area contributed by atoms with Crippen LogP contribution >= 0.6 is 15.9 Å². The molecule has 1 saturated heterocycles. The van der Waals surface area contributed by atoms with Crippen LogP contribution in [-0.4, -0.2) is 28.6 Å². The van der Waals surface area contributed by atoms with Gasteiger partial charge in [-0.15, -0.1) is 0 Å². The summed E-state index contributed by atoms with van der Waals surface area (Å²) in [6.07, 6.45) is 8.76. The first kappa shape index (κ1) is 16.7. The van der Waals surface area contributed by atoms with Gasteiger partial charge in [0, 0.05) is 18.3 Å². The van der Waals surface area contributed by atoms with Gasteiger partial charge in [-0.1, -0.05) is 61.9 Å². The Hall–Kier alpha value is -0.380. The number of rotatable bonds is 9.